The van der Waals surface area contributed by atoms with Crippen LogP contribution in [0.4, 0.5) is 16.6 Å². The van der Waals surface area contributed by atoms with Crippen LogP contribution in [0.15, 0.2) is 0 Å². The fourth-order valence-electron chi connectivity index (χ4n) is 3.29. The Morgan fingerprint density at radius 2 is 2.10 bits per heavy atom. The van der Waals surface area contributed by atoms with Gasteiger partial charge in [-0.25, -0.2) is 9.78 Å². The highest BCUT2D eigenvalue weighted by Gasteiger charge is 2.34. The Balaban J connectivity index is 1.71. The fraction of sp³-hybridized carbons (Fsp3) is 0.737. The Hall–Kier alpha value is -1.84. The molecular weight excluding hydrogens is 398 g/mol. The average Bonchev–Trinajstić information content (AvgIpc) is 2.59. The molecule has 0 saturated carbocycles. The number of morpholine rings is 1. The number of carbonyl (C=O) groups excluding carboxylic acids is 1. The van der Waals surface area contributed by atoms with Gasteiger partial charge in [0.05, 0.1) is 25.3 Å². The number of aliphatic hydroxyl groups is 1. The number of rotatable bonds is 5. The minimum absolute atomic E-state index is 0.0286. The van der Waals surface area contributed by atoms with Crippen molar-refractivity contribution in [3.8, 4) is 0 Å². The van der Waals surface area contributed by atoms with Crippen LogP contribution in [0.25, 0.3) is 0 Å². The number of likely N-dealkylation sites (tertiary alicyclic amines) is 1. The fourth-order valence-corrected chi connectivity index (χ4v) is 3.55. The quantitative estimate of drug-likeness (QED) is 0.687. The molecule has 0 aliphatic carbocycles. The molecule has 2 aliphatic heterocycles. The van der Waals surface area contributed by atoms with Gasteiger partial charge < -0.3 is 29.7 Å². The Morgan fingerprint density at radius 1 is 1.38 bits per heavy atom. The van der Waals surface area contributed by atoms with Crippen molar-refractivity contribution in [3.63, 3.8) is 0 Å². The minimum Gasteiger partial charge on any atom is -0.444 e. The SMILES string of the molecule is C[C@H]1COCCN1c1nc(Cl)c(CCO)c(NC2CN(C(=O)OC(C)(C)C)C2)n1. The highest BCUT2D eigenvalue weighted by molar-refractivity contribution is 6.30. The monoisotopic (exact) mass is 427 g/mol. The molecule has 3 rings (SSSR count). The summed E-state index contributed by atoms with van der Waals surface area (Å²) in [5.41, 5.74) is 0.155. The van der Waals surface area contributed by atoms with Gasteiger partial charge in [0, 0.05) is 38.2 Å². The van der Waals surface area contributed by atoms with Crippen LogP contribution in [-0.2, 0) is 15.9 Å². The van der Waals surface area contributed by atoms with Gasteiger partial charge in [-0.3, -0.25) is 0 Å². The molecule has 0 bridgehead atoms. The molecule has 29 heavy (non-hydrogen) atoms. The molecule has 2 fully saturated rings. The van der Waals surface area contributed by atoms with Gasteiger partial charge in [0.15, 0.2) is 0 Å². The molecule has 1 aromatic heterocycles. The van der Waals surface area contributed by atoms with E-state index < -0.39 is 5.60 Å². The Bertz CT molecular complexity index is 736. The van der Waals surface area contributed by atoms with Crippen molar-refractivity contribution < 1.29 is 19.4 Å². The number of aliphatic hydroxyl groups excluding tert-OH is 1. The van der Waals surface area contributed by atoms with E-state index in [0.717, 1.165) is 0 Å². The molecule has 0 radical (unpaired) electrons. The largest absolute Gasteiger partial charge is 0.444 e. The highest BCUT2D eigenvalue weighted by atomic mass is 35.5. The molecule has 0 aromatic carbocycles. The molecule has 3 heterocycles. The van der Waals surface area contributed by atoms with Crippen LogP contribution in [0.2, 0.25) is 5.15 Å². The van der Waals surface area contributed by atoms with Crippen LogP contribution >= 0.6 is 11.6 Å². The first-order valence-electron chi connectivity index (χ1n) is 9.94. The molecule has 162 valence electrons. The molecule has 9 nitrogen and oxygen atoms in total. The van der Waals surface area contributed by atoms with Gasteiger partial charge in [-0.15, -0.1) is 0 Å². The Morgan fingerprint density at radius 3 is 2.72 bits per heavy atom. The van der Waals surface area contributed by atoms with Gasteiger partial charge in [0.25, 0.3) is 0 Å². The molecule has 1 amide bonds. The summed E-state index contributed by atoms with van der Waals surface area (Å²) in [7, 11) is 0. The second-order valence-electron chi connectivity index (χ2n) is 8.46. The van der Waals surface area contributed by atoms with Crippen molar-refractivity contribution >= 4 is 29.5 Å². The lowest BCUT2D eigenvalue weighted by Gasteiger charge is -2.40. The van der Waals surface area contributed by atoms with Crippen molar-refractivity contribution in [2.45, 2.75) is 51.8 Å². The summed E-state index contributed by atoms with van der Waals surface area (Å²) in [6.07, 6.45) is 0.0254. The maximum Gasteiger partial charge on any atom is 0.410 e. The van der Waals surface area contributed by atoms with E-state index in [9.17, 15) is 9.90 Å². The third kappa shape index (κ3) is 5.40. The van der Waals surface area contributed by atoms with Crippen LogP contribution in [0, 0.1) is 0 Å². The number of anilines is 2. The topological polar surface area (TPSA) is 100 Å². The van der Waals surface area contributed by atoms with Crippen molar-refractivity contribution in [1.29, 1.82) is 0 Å². The summed E-state index contributed by atoms with van der Waals surface area (Å²) < 4.78 is 10.9. The number of amides is 1. The molecule has 2 N–H and O–H groups in total. The predicted molar refractivity (Wildman–Crippen MR) is 111 cm³/mol. The lowest BCUT2D eigenvalue weighted by Crippen LogP contribution is -2.58. The molecule has 0 spiro atoms. The maximum atomic E-state index is 12.1. The van der Waals surface area contributed by atoms with E-state index in [4.69, 9.17) is 26.1 Å². The third-order valence-corrected chi connectivity index (χ3v) is 5.12. The number of nitrogens with zero attached hydrogens (tertiary/aromatic N) is 4. The van der Waals surface area contributed by atoms with Crippen molar-refractivity contribution in [1.82, 2.24) is 14.9 Å². The Labute approximate surface area is 176 Å². The first-order valence-corrected chi connectivity index (χ1v) is 10.3. The molecule has 10 heteroatoms. The van der Waals surface area contributed by atoms with Gasteiger partial charge in [0.1, 0.15) is 16.6 Å². The standard InChI is InChI=1S/C19H30ClN5O4/c1-12-11-28-8-6-25(12)17-22-15(20)14(5-7-26)16(23-17)21-13-9-24(10-13)18(27)29-19(2,3)4/h12-13,26H,5-11H2,1-4H3,(H,21,22,23)/t12-/m0/s1. The van der Waals surface area contributed by atoms with E-state index in [1.165, 1.54) is 0 Å². The lowest BCUT2D eigenvalue weighted by molar-refractivity contribution is 0.0104. The maximum absolute atomic E-state index is 12.1. The second kappa shape index (κ2) is 8.89. The number of carbonyl (C=O) groups is 1. The normalized spacial score (nSPS) is 20.4. The molecule has 0 unspecified atom stereocenters. The number of nitrogens with one attached hydrogen (secondary N) is 1. The van der Waals surface area contributed by atoms with Crippen LogP contribution in [0.3, 0.4) is 0 Å². The predicted octanol–water partition coefficient (Wildman–Crippen LogP) is 1.92. The van der Waals surface area contributed by atoms with Crippen molar-refractivity contribution in [3.05, 3.63) is 10.7 Å². The van der Waals surface area contributed by atoms with E-state index in [1.807, 2.05) is 20.8 Å². The zero-order valence-corrected chi connectivity index (χ0v) is 18.2. The number of ether oxygens (including phenoxy) is 2. The zero-order chi connectivity index (χ0) is 21.2. The van der Waals surface area contributed by atoms with Crippen LogP contribution in [-0.4, -0.2) is 83.2 Å². The van der Waals surface area contributed by atoms with Gasteiger partial charge in [-0.2, -0.15) is 4.98 Å². The van der Waals surface area contributed by atoms with Crippen LogP contribution in [0.5, 0.6) is 0 Å². The summed E-state index contributed by atoms with van der Waals surface area (Å²) in [5, 5.41) is 13.1. The van der Waals surface area contributed by atoms with Gasteiger partial charge in [0.2, 0.25) is 5.95 Å². The van der Waals surface area contributed by atoms with Gasteiger partial charge in [-0.05, 0) is 27.7 Å². The second-order valence-corrected chi connectivity index (χ2v) is 8.82. The minimum atomic E-state index is -0.520. The summed E-state index contributed by atoms with van der Waals surface area (Å²) >= 11 is 6.43. The van der Waals surface area contributed by atoms with Gasteiger partial charge >= 0.3 is 6.09 Å². The van der Waals surface area contributed by atoms with Crippen LogP contribution in [0.1, 0.15) is 33.3 Å². The third-order valence-electron chi connectivity index (χ3n) is 4.81. The average molecular weight is 428 g/mol. The summed E-state index contributed by atoms with van der Waals surface area (Å²) in [6.45, 7) is 10.5. The Kier molecular flexibility index (Phi) is 6.70. The van der Waals surface area contributed by atoms with E-state index in [1.54, 1.807) is 4.90 Å². The summed E-state index contributed by atoms with van der Waals surface area (Å²) in [4.78, 5) is 25.0. The first kappa shape index (κ1) is 21.9. The van der Waals surface area contributed by atoms with E-state index >= 15 is 0 Å². The number of hydrogen-bond acceptors (Lipinski definition) is 8. The highest BCUT2D eigenvalue weighted by Crippen LogP contribution is 2.28. The number of aromatic nitrogens is 2. The van der Waals surface area contributed by atoms with Gasteiger partial charge in [-0.1, -0.05) is 11.6 Å². The van der Waals surface area contributed by atoms with Crippen molar-refractivity contribution in [2.75, 3.05) is 49.7 Å². The van der Waals surface area contributed by atoms with E-state index in [0.29, 0.717) is 61.8 Å². The van der Waals surface area contributed by atoms with Crippen molar-refractivity contribution in [2.24, 2.45) is 0 Å². The molecule has 1 atom stereocenters. The number of halogens is 1. The zero-order valence-electron chi connectivity index (χ0n) is 17.4. The summed E-state index contributed by atoms with van der Waals surface area (Å²) in [6, 6.07) is 0.170. The van der Waals surface area contributed by atoms with E-state index in [-0.39, 0.29) is 24.8 Å². The van der Waals surface area contributed by atoms with E-state index in [2.05, 4.69) is 22.1 Å². The number of hydrogen-bond donors (Lipinski definition) is 2. The smallest absolute Gasteiger partial charge is 0.410 e. The molecular formula is C19H30ClN5O4. The molecule has 1 aromatic rings. The van der Waals surface area contributed by atoms with Crippen LogP contribution < -0.4 is 10.2 Å². The lowest BCUT2D eigenvalue weighted by atomic mass is 10.1. The molecule has 2 aliphatic rings. The summed E-state index contributed by atoms with van der Waals surface area (Å²) in [5.74, 6) is 1.14. The first-order chi connectivity index (χ1) is 13.7. The molecule has 2 saturated heterocycles.